The molecule has 1 fully saturated rings. The van der Waals surface area contributed by atoms with E-state index in [-0.39, 0.29) is 12.1 Å². The van der Waals surface area contributed by atoms with Crippen molar-refractivity contribution in [3.05, 3.63) is 34.9 Å². The van der Waals surface area contributed by atoms with E-state index in [4.69, 9.17) is 17.3 Å². The Kier molecular flexibility index (Phi) is 4.62. The minimum atomic E-state index is -0.250. The van der Waals surface area contributed by atoms with Gasteiger partial charge in [0.2, 0.25) is 0 Å². The van der Waals surface area contributed by atoms with Crippen LogP contribution in [0.3, 0.4) is 0 Å². The smallest absolute Gasteiger partial charge is 0.0693 e. The molecule has 3 N–H and O–H groups in total. The predicted octanol–water partition coefficient (Wildman–Crippen LogP) is 2.04. The second-order valence-electron chi connectivity index (χ2n) is 5.13. The Balaban J connectivity index is 2.11. The summed E-state index contributed by atoms with van der Waals surface area (Å²) in [5.74, 6) is 0.380. The van der Waals surface area contributed by atoms with Gasteiger partial charge in [-0.1, -0.05) is 30.7 Å². The average molecular weight is 269 g/mol. The van der Waals surface area contributed by atoms with Crippen molar-refractivity contribution in [2.75, 3.05) is 19.6 Å². The summed E-state index contributed by atoms with van der Waals surface area (Å²) in [5.41, 5.74) is 7.07. The van der Waals surface area contributed by atoms with E-state index in [9.17, 15) is 5.11 Å². The van der Waals surface area contributed by atoms with Gasteiger partial charge in [0.1, 0.15) is 0 Å². The lowest BCUT2D eigenvalue weighted by Crippen LogP contribution is -2.46. The summed E-state index contributed by atoms with van der Waals surface area (Å²) >= 11 is 5.90. The first-order chi connectivity index (χ1) is 8.61. The molecule has 0 aliphatic carbocycles. The summed E-state index contributed by atoms with van der Waals surface area (Å²) in [4.78, 5) is 2.27. The van der Waals surface area contributed by atoms with Gasteiger partial charge in [-0.3, -0.25) is 4.90 Å². The van der Waals surface area contributed by atoms with Crippen molar-refractivity contribution in [2.24, 2.45) is 11.7 Å². The van der Waals surface area contributed by atoms with Gasteiger partial charge in [0, 0.05) is 24.2 Å². The van der Waals surface area contributed by atoms with Gasteiger partial charge in [-0.25, -0.2) is 0 Å². The maximum Gasteiger partial charge on any atom is 0.0693 e. The Morgan fingerprint density at radius 3 is 2.67 bits per heavy atom. The third-order valence-electron chi connectivity index (χ3n) is 3.87. The fourth-order valence-corrected chi connectivity index (χ4v) is 2.66. The number of benzene rings is 1. The summed E-state index contributed by atoms with van der Waals surface area (Å²) in [6.07, 6.45) is 0.769. The minimum absolute atomic E-state index is 0.171. The van der Waals surface area contributed by atoms with Gasteiger partial charge in [0.25, 0.3) is 0 Å². The highest BCUT2D eigenvalue weighted by molar-refractivity contribution is 6.30. The van der Waals surface area contributed by atoms with Crippen molar-refractivity contribution in [3.63, 3.8) is 0 Å². The molecule has 1 aromatic carbocycles. The Morgan fingerprint density at radius 2 is 2.11 bits per heavy atom. The molecule has 1 aromatic rings. The quantitative estimate of drug-likeness (QED) is 0.882. The molecule has 1 aliphatic rings. The number of β-amino-alcohol motifs (C(OH)–C–C–N with tert-alkyl or cyclic N) is 1. The van der Waals surface area contributed by atoms with Crippen LogP contribution in [0.5, 0.6) is 0 Å². The lowest BCUT2D eigenvalue weighted by Gasteiger charge is -2.39. The van der Waals surface area contributed by atoms with E-state index in [1.165, 1.54) is 5.56 Å². The van der Waals surface area contributed by atoms with Crippen LogP contribution in [0.15, 0.2) is 24.3 Å². The van der Waals surface area contributed by atoms with E-state index in [2.05, 4.69) is 11.8 Å². The van der Waals surface area contributed by atoms with Crippen LogP contribution in [0.25, 0.3) is 0 Å². The Bertz CT molecular complexity index is 382. The average Bonchev–Trinajstić information content (AvgIpc) is 2.37. The van der Waals surface area contributed by atoms with E-state index >= 15 is 0 Å². The van der Waals surface area contributed by atoms with Crippen LogP contribution < -0.4 is 5.73 Å². The predicted molar refractivity (Wildman–Crippen MR) is 74.6 cm³/mol. The van der Waals surface area contributed by atoms with Crippen LogP contribution in [0.1, 0.15) is 24.9 Å². The monoisotopic (exact) mass is 268 g/mol. The molecule has 100 valence electrons. The van der Waals surface area contributed by atoms with Crippen molar-refractivity contribution in [1.29, 1.82) is 0 Å². The van der Waals surface area contributed by atoms with Crippen molar-refractivity contribution in [2.45, 2.75) is 25.5 Å². The summed E-state index contributed by atoms with van der Waals surface area (Å²) in [7, 11) is 0. The molecule has 3 unspecified atom stereocenters. The van der Waals surface area contributed by atoms with Crippen LogP contribution in [-0.4, -0.2) is 35.7 Å². The van der Waals surface area contributed by atoms with Crippen LogP contribution >= 0.6 is 11.6 Å². The summed E-state index contributed by atoms with van der Waals surface area (Å²) in [6, 6.07) is 7.99. The van der Waals surface area contributed by atoms with Crippen molar-refractivity contribution in [1.82, 2.24) is 4.90 Å². The zero-order valence-electron chi connectivity index (χ0n) is 10.7. The highest BCUT2D eigenvalue weighted by atomic mass is 35.5. The normalized spacial score (nSPS) is 27.1. The molecule has 2 rings (SSSR count). The van der Waals surface area contributed by atoms with Gasteiger partial charge in [-0.15, -0.1) is 0 Å². The number of nitrogens with zero attached hydrogens (tertiary/aromatic N) is 1. The molecule has 1 heterocycles. The molecule has 0 spiro atoms. The molecule has 0 radical (unpaired) electrons. The lowest BCUT2D eigenvalue weighted by atomic mass is 9.93. The number of aliphatic hydroxyl groups is 1. The number of rotatable bonds is 3. The second-order valence-corrected chi connectivity index (χ2v) is 5.57. The first-order valence-electron chi connectivity index (χ1n) is 6.49. The third kappa shape index (κ3) is 3.04. The van der Waals surface area contributed by atoms with Crippen molar-refractivity contribution in [3.8, 4) is 0 Å². The summed E-state index contributed by atoms with van der Waals surface area (Å²) in [6.45, 7) is 4.35. The summed E-state index contributed by atoms with van der Waals surface area (Å²) < 4.78 is 0. The van der Waals surface area contributed by atoms with E-state index in [1.807, 2.05) is 24.3 Å². The largest absolute Gasteiger partial charge is 0.392 e. The third-order valence-corrected chi connectivity index (χ3v) is 4.12. The van der Waals surface area contributed by atoms with Gasteiger partial charge >= 0.3 is 0 Å². The number of likely N-dealkylation sites (tertiary alicyclic amines) is 1. The highest BCUT2D eigenvalue weighted by Gasteiger charge is 2.28. The number of piperidine rings is 1. The molecule has 0 bridgehead atoms. The first-order valence-corrected chi connectivity index (χ1v) is 6.87. The fraction of sp³-hybridized carbons (Fsp3) is 0.571. The van der Waals surface area contributed by atoms with Gasteiger partial charge in [0.15, 0.2) is 0 Å². The number of halogens is 1. The molecular formula is C14H21ClN2O. The van der Waals surface area contributed by atoms with E-state index < -0.39 is 0 Å². The van der Waals surface area contributed by atoms with Crippen LogP contribution in [0, 0.1) is 5.92 Å². The molecule has 0 aromatic heterocycles. The zero-order chi connectivity index (χ0) is 13.1. The molecule has 3 atom stereocenters. The lowest BCUT2D eigenvalue weighted by molar-refractivity contribution is 0.0111. The topological polar surface area (TPSA) is 49.5 Å². The van der Waals surface area contributed by atoms with Gasteiger partial charge in [0.05, 0.1) is 6.10 Å². The highest BCUT2D eigenvalue weighted by Crippen LogP contribution is 2.27. The molecule has 1 aliphatic heterocycles. The SMILES string of the molecule is CC1CCN(C(CN)c2ccc(Cl)cc2)CC1O. The fourth-order valence-electron chi connectivity index (χ4n) is 2.54. The standard InChI is InChI=1S/C14H21ClN2O/c1-10-6-7-17(9-14(10)18)13(8-16)11-2-4-12(15)5-3-11/h2-5,10,13-14,18H,6-9,16H2,1H3. The number of hydrogen-bond acceptors (Lipinski definition) is 3. The van der Waals surface area contributed by atoms with Gasteiger partial charge in [-0.05, 0) is 36.6 Å². The number of hydrogen-bond donors (Lipinski definition) is 2. The van der Waals surface area contributed by atoms with Gasteiger partial charge in [-0.2, -0.15) is 0 Å². The number of aliphatic hydroxyl groups excluding tert-OH is 1. The second kappa shape index (κ2) is 6.02. The number of nitrogens with two attached hydrogens (primary N) is 1. The molecule has 1 saturated heterocycles. The van der Waals surface area contributed by atoms with E-state index in [0.717, 1.165) is 18.0 Å². The maximum absolute atomic E-state index is 9.98. The molecular weight excluding hydrogens is 248 g/mol. The zero-order valence-corrected chi connectivity index (χ0v) is 11.5. The first kappa shape index (κ1) is 13.8. The Hall–Kier alpha value is -0.610. The Morgan fingerprint density at radius 1 is 1.44 bits per heavy atom. The maximum atomic E-state index is 9.98. The van der Waals surface area contributed by atoms with Crippen LogP contribution in [0.4, 0.5) is 0 Å². The molecule has 4 heteroatoms. The molecule has 18 heavy (non-hydrogen) atoms. The van der Waals surface area contributed by atoms with Crippen molar-refractivity contribution < 1.29 is 5.11 Å². The molecule has 0 saturated carbocycles. The van der Waals surface area contributed by atoms with E-state index in [1.54, 1.807) is 0 Å². The van der Waals surface area contributed by atoms with Gasteiger partial charge < -0.3 is 10.8 Å². The molecule has 0 amide bonds. The van der Waals surface area contributed by atoms with Crippen molar-refractivity contribution >= 4 is 11.6 Å². The Labute approximate surface area is 114 Å². The molecule has 3 nitrogen and oxygen atoms in total. The minimum Gasteiger partial charge on any atom is -0.392 e. The van der Waals surface area contributed by atoms with Crippen LogP contribution in [0.2, 0.25) is 5.02 Å². The van der Waals surface area contributed by atoms with E-state index in [0.29, 0.717) is 19.0 Å². The van der Waals surface area contributed by atoms with Crippen LogP contribution in [-0.2, 0) is 0 Å². The summed E-state index contributed by atoms with van der Waals surface area (Å²) in [5, 5.41) is 10.7.